The number of anilines is 2. The number of ketones is 1. The molecule has 186 valence electrons. The summed E-state index contributed by atoms with van der Waals surface area (Å²) in [7, 11) is 0. The highest BCUT2D eigenvalue weighted by Crippen LogP contribution is 2.16. The van der Waals surface area contributed by atoms with Crippen molar-refractivity contribution in [1.29, 1.82) is 0 Å². The Balaban J connectivity index is 1.50. The smallest absolute Gasteiger partial charge is 0.303 e. The van der Waals surface area contributed by atoms with Gasteiger partial charge in [0.05, 0.1) is 0 Å². The first-order chi connectivity index (χ1) is 17.3. The van der Waals surface area contributed by atoms with Crippen molar-refractivity contribution in [2.75, 3.05) is 10.6 Å². The average Bonchev–Trinajstić information content (AvgIpc) is 2.86. The molecule has 0 saturated carbocycles. The molecule has 0 atom stereocenters. The first kappa shape index (κ1) is 26.3. The molecule has 3 rings (SSSR count). The molecular formula is C29H30N2O5. The Morgan fingerprint density at radius 1 is 0.611 bits per heavy atom. The summed E-state index contributed by atoms with van der Waals surface area (Å²) in [6, 6.07) is 21.2. The first-order valence-corrected chi connectivity index (χ1v) is 11.9. The van der Waals surface area contributed by atoms with E-state index in [0.717, 1.165) is 24.0 Å². The molecule has 36 heavy (non-hydrogen) atoms. The van der Waals surface area contributed by atoms with Gasteiger partial charge in [0.1, 0.15) is 5.78 Å². The molecule has 3 aromatic rings. The van der Waals surface area contributed by atoms with Crippen LogP contribution in [-0.4, -0.2) is 28.7 Å². The molecule has 7 nitrogen and oxygen atoms in total. The predicted molar refractivity (Wildman–Crippen MR) is 139 cm³/mol. The van der Waals surface area contributed by atoms with E-state index in [1.54, 1.807) is 43.3 Å². The third-order valence-electron chi connectivity index (χ3n) is 5.68. The Morgan fingerprint density at radius 3 is 1.36 bits per heavy atom. The lowest BCUT2D eigenvalue weighted by atomic mass is 10.1. The predicted octanol–water partition coefficient (Wildman–Crippen LogP) is 5.51. The van der Waals surface area contributed by atoms with Crippen LogP contribution in [0.25, 0.3) is 0 Å². The molecular weight excluding hydrogens is 456 g/mol. The SMILES string of the molecule is CC(=O)CCCc1ccc(NC(=O)c2ccc(C(=O)Nc3ccc(CCCC(=O)O)cc3)cc2)cc1. The molecule has 0 saturated heterocycles. The summed E-state index contributed by atoms with van der Waals surface area (Å²) in [6.07, 6.45) is 3.54. The number of rotatable bonds is 12. The highest BCUT2D eigenvalue weighted by molar-refractivity contribution is 6.07. The van der Waals surface area contributed by atoms with E-state index in [1.165, 1.54) is 0 Å². The molecule has 0 heterocycles. The third-order valence-corrected chi connectivity index (χ3v) is 5.68. The Morgan fingerprint density at radius 2 is 1.00 bits per heavy atom. The number of amides is 2. The molecule has 3 N–H and O–H groups in total. The summed E-state index contributed by atoms with van der Waals surface area (Å²) in [5.74, 6) is -1.19. The Kier molecular flexibility index (Phi) is 9.51. The molecule has 0 aromatic heterocycles. The first-order valence-electron chi connectivity index (χ1n) is 11.9. The number of carboxylic acid groups (broad SMARTS) is 1. The number of aryl methyl sites for hydroxylation is 2. The lowest BCUT2D eigenvalue weighted by Crippen LogP contribution is -2.14. The van der Waals surface area contributed by atoms with Crippen LogP contribution in [0, 0.1) is 0 Å². The molecule has 0 aliphatic heterocycles. The zero-order valence-electron chi connectivity index (χ0n) is 20.3. The maximum atomic E-state index is 12.6. The number of carbonyl (C=O) groups excluding carboxylic acids is 3. The largest absolute Gasteiger partial charge is 0.481 e. The summed E-state index contributed by atoms with van der Waals surface area (Å²) < 4.78 is 0. The molecule has 2 amide bonds. The van der Waals surface area contributed by atoms with Crippen LogP contribution in [0.4, 0.5) is 11.4 Å². The molecule has 0 radical (unpaired) electrons. The summed E-state index contributed by atoms with van der Waals surface area (Å²) >= 11 is 0. The summed E-state index contributed by atoms with van der Waals surface area (Å²) in [5.41, 5.74) is 4.27. The van der Waals surface area contributed by atoms with Crippen molar-refractivity contribution in [3.63, 3.8) is 0 Å². The summed E-state index contributed by atoms with van der Waals surface area (Å²) in [5, 5.41) is 14.4. The highest BCUT2D eigenvalue weighted by atomic mass is 16.4. The maximum absolute atomic E-state index is 12.6. The van der Waals surface area contributed by atoms with Gasteiger partial charge >= 0.3 is 5.97 Å². The Labute approximate surface area is 210 Å². The number of benzene rings is 3. The van der Waals surface area contributed by atoms with Crippen molar-refractivity contribution in [3.8, 4) is 0 Å². The van der Waals surface area contributed by atoms with Crippen molar-refractivity contribution in [2.24, 2.45) is 0 Å². The minimum Gasteiger partial charge on any atom is -0.481 e. The molecule has 0 fully saturated rings. The van der Waals surface area contributed by atoms with Gasteiger partial charge in [0.15, 0.2) is 0 Å². The monoisotopic (exact) mass is 486 g/mol. The topological polar surface area (TPSA) is 113 Å². The van der Waals surface area contributed by atoms with Gasteiger partial charge in [-0.25, -0.2) is 0 Å². The van der Waals surface area contributed by atoms with E-state index in [-0.39, 0.29) is 24.0 Å². The number of hydrogen-bond acceptors (Lipinski definition) is 4. The van der Waals surface area contributed by atoms with Gasteiger partial charge in [0.2, 0.25) is 0 Å². The fraction of sp³-hybridized carbons (Fsp3) is 0.241. The van der Waals surface area contributed by atoms with E-state index in [2.05, 4.69) is 10.6 Å². The fourth-order valence-corrected chi connectivity index (χ4v) is 3.67. The van der Waals surface area contributed by atoms with Crippen LogP contribution in [-0.2, 0) is 22.4 Å². The van der Waals surface area contributed by atoms with Gasteiger partial charge in [-0.1, -0.05) is 24.3 Å². The van der Waals surface area contributed by atoms with Gasteiger partial charge in [0.25, 0.3) is 11.8 Å². The summed E-state index contributed by atoms with van der Waals surface area (Å²) in [4.78, 5) is 46.8. The van der Waals surface area contributed by atoms with Gasteiger partial charge in [-0.2, -0.15) is 0 Å². The second kappa shape index (κ2) is 13.0. The minimum absolute atomic E-state index is 0.127. The molecule has 0 aliphatic rings. The van der Waals surface area contributed by atoms with Crippen molar-refractivity contribution in [1.82, 2.24) is 0 Å². The number of carbonyl (C=O) groups is 4. The average molecular weight is 487 g/mol. The van der Waals surface area contributed by atoms with Crippen LogP contribution in [0.15, 0.2) is 72.8 Å². The van der Waals surface area contributed by atoms with Gasteiger partial charge in [-0.15, -0.1) is 0 Å². The molecule has 7 heteroatoms. The summed E-state index contributed by atoms with van der Waals surface area (Å²) in [6.45, 7) is 1.59. The minimum atomic E-state index is -0.810. The van der Waals surface area contributed by atoms with E-state index in [9.17, 15) is 19.2 Å². The Bertz CT molecular complexity index is 1100. The molecule has 0 aliphatic carbocycles. The third kappa shape index (κ3) is 8.51. The van der Waals surface area contributed by atoms with Crippen molar-refractivity contribution in [2.45, 2.75) is 45.4 Å². The van der Waals surface area contributed by atoms with Crippen LogP contribution < -0.4 is 10.6 Å². The molecule has 0 spiro atoms. The lowest BCUT2D eigenvalue weighted by Gasteiger charge is -2.09. The number of hydrogen-bond donors (Lipinski definition) is 3. The highest BCUT2D eigenvalue weighted by Gasteiger charge is 2.10. The zero-order valence-corrected chi connectivity index (χ0v) is 20.3. The van der Waals surface area contributed by atoms with Crippen molar-refractivity contribution < 1.29 is 24.3 Å². The van der Waals surface area contributed by atoms with Crippen LogP contribution in [0.3, 0.4) is 0 Å². The number of nitrogens with one attached hydrogen (secondary N) is 2. The molecule has 3 aromatic carbocycles. The van der Waals surface area contributed by atoms with Crippen LogP contribution >= 0.6 is 0 Å². The van der Waals surface area contributed by atoms with E-state index >= 15 is 0 Å². The second-order valence-electron chi connectivity index (χ2n) is 8.68. The maximum Gasteiger partial charge on any atom is 0.303 e. The molecule has 0 unspecified atom stereocenters. The Hall–Kier alpha value is -4.26. The van der Waals surface area contributed by atoms with E-state index in [1.807, 2.05) is 36.4 Å². The van der Waals surface area contributed by atoms with Gasteiger partial charge in [-0.05, 0) is 92.3 Å². The van der Waals surface area contributed by atoms with Gasteiger partial charge < -0.3 is 20.5 Å². The van der Waals surface area contributed by atoms with E-state index in [4.69, 9.17) is 5.11 Å². The number of aliphatic carboxylic acids is 1. The van der Waals surface area contributed by atoms with E-state index in [0.29, 0.717) is 41.8 Å². The van der Waals surface area contributed by atoms with Crippen molar-refractivity contribution >= 4 is 34.9 Å². The normalized spacial score (nSPS) is 10.5. The fourth-order valence-electron chi connectivity index (χ4n) is 3.67. The number of carboxylic acids is 1. The van der Waals surface area contributed by atoms with Crippen LogP contribution in [0.5, 0.6) is 0 Å². The van der Waals surface area contributed by atoms with Crippen molar-refractivity contribution in [3.05, 3.63) is 95.1 Å². The van der Waals surface area contributed by atoms with E-state index < -0.39 is 5.97 Å². The zero-order chi connectivity index (χ0) is 25.9. The van der Waals surface area contributed by atoms with Gasteiger partial charge in [0, 0.05) is 35.3 Å². The van der Waals surface area contributed by atoms with Crippen LogP contribution in [0.2, 0.25) is 0 Å². The van der Waals surface area contributed by atoms with Crippen LogP contribution in [0.1, 0.15) is 64.4 Å². The quantitative estimate of drug-likeness (QED) is 0.312. The standard InChI is InChI=1S/C29H30N2O5/c1-20(32)4-2-5-21-8-16-25(17-9-21)30-28(35)23-12-14-24(15-13-23)29(36)31-26-18-10-22(11-19-26)6-3-7-27(33)34/h8-19H,2-7H2,1H3,(H,30,35)(H,31,36)(H,33,34). The van der Waals surface area contributed by atoms with Gasteiger partial charge in [-0.3, -0.25) is 14.4 Å². The molecule has 0 bridgehead atoms. The second-order valence-corrected chi connectivity index (χ2v) is 8.68. The lowest BCUT2D eigenvalue weighted by molar-refractivity contribution is -0.137. The number of Topliss-reactive ketones (excluding diaryl/α,β-unsaturated/α-hetero) is 1.